The highest BCUT2D eigenvalue weighted by Gasteiger charge is 2.48. The second-order valence-corrected chi connectivity index (χ2v) is 12.5. The maximum atomic E-state index is 12.6. The summed E-state index contributed by atoms with van der Waals surface area (Å²) in [5, 5.41) is 0. The van der Waals surface area contributed by atoms with E-state index in [1.165, 1.54) is 0 Å². The van der Waals surface area contributed by atoms with Crippen molar-refractivity contribution in [1.82, 2.24) is 0 Å². The van der Waals surface area contributed by atoms with E-state index in [4.69, 9.17) is 23.7 Å². The fourth-order valence-electron chi connectivity index (χ4n) is 2.42. The van der Waals surface area contributed by atoms with Gasteiger partial charge in [-0.2, -0.15) is 0 Å². The van der Waals surface area contributed by atoms with E-state index in [0.717, 1.165) is 0 Å². The molecule has 0 radical (unpaired) electrons. The summed E-state index contributed by atoms with van der Waals surface area (Å²) in [7, 11) is 0. The molecule has 0 aliphatic heterocycles. The molecule has 0 saturated carbocycles. The topological polar surface area (TPSA) is 114 Å². The predicted molar refractivity (Wildman–Crippen MR) is 130 cm³/mol. The smallest absolute Gasteiger partial charge is 0.314 e. The quantitative estimate of drug-likeness (QED) is 0.307. The number of hydrogen-bond donors (Lipinski definition) is 0. The van der Waals surface area contributed by atoms with Crippen LogP contribution in [0.2, 0.25) is 0 Å². The third-order valence-corrected chi connectivity index (χ3v) is 4.70. The van der Waals surface area contributed by atoms with Gasteiger partial charge in [0.2, 0.25) is 0 Å². The van der Waals surface area contributed by atoms with Crippen LogP contribution in [0.3, 0.4) is 0 Å². The molecule has 0 bridgehead atoms. The summed E-state index contributed by atoms with van der Waals surface area (Å²) >= 11 is 0. The van der Waals surface area contributed by atoms with Gasteiger partial charge in [-0.05, 0) is 69.2 Å². The summed E-state index contributed by atoms with van der Waals surface area (Å²) in [4.78, 5) is 50.1. The Morgan fingerprint density at radius 1 is 0.486 bits per heavy atom. The van der Waals surface area contributed by atoms with Crippen LogP contribution in [-0.4, -0.2) is 47.7 Å². The van der Waals surface area contributed by atoms with Crippen LogP contribution in [-0.2, 0) is 42.9 Å². The molecule has 0 fully saturated rings. The Morgan fingerprint density at radius 2 is 0.743 bits per heavy atom. The molecule has 0 heterocycles. The summed E-state index contributed by atoms with van der Waals surface area (Å²) in [6, 6.07) is 0. The fourth-order valence-corrected chi connectivity index (χ4v) is 2.42. The van der Waals surface area contributed by atoms with Crippen molar-refractivity contribution in [2.75, 3.05) is 0 Å². The van der Waals surface area contributed by atoms with Crippen LogP contribution in [0, 0.1) is 22.7 Å². The molecule has 0 aromatic rings. The van der Waals surface area contributed by atoms with E-state index in [-0.39, 0.29) is 0 Å². The molecule has 0 amide bonds. The minimum absolute atomic E-state index is 0.484. The molecular formula is C26H46O9. The van der Waals surface area contributed by atoms with Crippen LogP contribution in [0.4, 0.5) is 0 Å². The highest BCUT2D eigenvalue weighted by molar-refractivity contribution is 5.77. The van der Waals surface area contributed by atoms with Crippen molar-refractivity contribution in [1.29, 1.82) is 0 Å². The average molecular weight is 503 g/mol. The summed E-state index contributed by atoms with van der Waals surface area (Å²) < 4.78 is 28.3. The molecule has 0 aromatic heterocycles. The van der Waals surface area contributed by atoms with Crippen molar-refractivity contribution in [3.8, 4) is 0 Å². The zero-order chi connectivity index (χ0) is 28.2. The number of esters is 4. The van der Waals surface area contributed by atoms with Crippen molar-refractivity contribution in [2.45, 2.75) is 121 Å². The molecule has 2 atom stereocenters. The zero-order valence-electron chi connectivity index (χ0n) is 24.0. The zero-order valence-corrected chi connectivity index (χ0v) is 24.0. The third-order valence-electron chi connectivity index (χ3n) is 4.70. The Kier molecular flexibility index (Phi) is 11.0. The van der Waals surface area contributed by atoms with Gasteiger partial charge >= 0.3 is 23.9 Å². The highest BCUT2D eigenvalue weighted by Crippen LogP contribution is 2.33. The lowest BCUT2D eigenvalue weighted by Gasteiger charge is -2.42. The lowest BCUT2D eigenvalue weighted by molar-refractivity contribution is -0.298. The normalized spacial score (nSPS) is 14.9. The van der Waals surface area contributed by atoms with Crippen molar-refractivity contribution in [3.05, 3.63) is 0 Å². The van der Waals surface area contributed by atoms with E-state index in [9.17, 15) is 19.2 Å². The molecule has 0 spiro atoms. The Morgan fingerprint density at radius 3 is 0.943 bits per heavy atom. The van der Waals surface area contributed by atoms with Gasteiger partial charge in [-0.1, -0.05) is 27.7 Å². The van der Waals surface area contributed by atoms with Crippen molar-refractivity contribution in [2.24, 2.45) is 22.7 Å². The lowest BCUT2D eigenvalue weighted by atomic mass is 9.97. The molecule has 0 aromatic carbocycles. The van der Waals surface area contributed by atoms with E-state index in [1.807, 2.05) is 0 Å². The maximum Gasteiger partial charge on any atom is 0.314 e. The molecule has 204 valence electrons. The number of rotatable bonds is 10. The molecule has 9 nitrogen and oxygen atoms in total. The maximum absolute atomic E-state index is 12.6. The second kappa shape index (κ2) is 11.7. The Balaban J connectivity index is 6.19. The third kappa shape index (κ3) is 10.5. The molecule has 9 heteroatoms. The van der Waals surface area contributed by atoms with Crippen LogP contribution >= 0.6 is 0 Å². The Bertz CT molecular complexity index is 701. The van der Waals surface area contributed by atoms with E-state index in [2.05, 4.69) is 0 Å². The molecule has 0 aliphatic carbocycles. The fraction of sp³-hybridized carbons (Fsp3) is 0.846. The number of hydrogen-bond acceptors (Lipinski definition) is 9. The van der Waals surface area contributed by atoms with E-state index in [0.29, 0.717) is 0 Å². The number of carbonyl (C=O) groups excluding carboxylic acids is 4. The van der Waals surface area contributed by atoms with E-state index >= 15 is 0 Å². The standard InChI is InChI=1S/C26H46O9/c1-15(2)17(27)31-21(33-19(29)23(5,6)7)25(11,12)35-26(13,14)22(32-18(28)16(3)4)34-20(30)24(8,9)10/h15-16,21-22H,1-14H3. The molecular weight excluding hydrogens is 456 g/mol. The average Bonchev–Trinajstić information content (AvgIpc) is 2.63. The predicted octanol–water partition coefficient (Wildman–Crippen LogP) is 4.79. The van der Waals surface area contributed by atoms with Crippen LogP contribution in [0.25, 0.3) is 0 Å². The Hall–Kier alpha value is -2.16. The molecule has 35 heavy (non-hydrogen) atoms. The first-order chi connectivity index (χ1) is 15.4. The molecule has 2 unspecified atom stereocenters. The number of ether oxygens (including phenoxy) is 5. The van der Waals surface area contributed by atoms with E-state index < -0.39 is 70.3 Å². The first-order valence-corrected chi connectivity index (χ1v) is 11.9. The van der Waals surface area contributed by atoms with Crippen LogP contribution in [0.5, 0.6) is 0 Å². The first kappa shape index (κ1) is 32.8. The summed E-state index contributed by atoms with van der Waals surface area (Å²) in [5.74, 6) is -3.35. The van der Waals surface area contributed by atoms with Gasteiger partial charge in [-0.25, -0.2) is 0 Å². The summed E-state index contributed by atoms with van der Waals surface area (Å²) in [6.07, 6.45) is -2.86. The largest absolute Gasteiger partial charge is 0.422 e. The summed E-state index contributed by atoms with van der Waals surface area (Å²) in [5.41, 5.74) is -4.59. The summed E-state index contributed by atoms with van der Waals surface area (Å²) in [6.45, 7) is 22.9. The van der Waals surface area contributed by atoms with Crippen molar-refractivity contribution in [3.63, 3.8) is 0 Å². The van der Waals surface area contributed by atoms with Gasteiger partial charge in [0.05, 0.1) is 22.7 Å². The van der Waals surface area contributed by atoms with Gasteiger partial charge in [-0.15, -0.1) is 0 Å². The molecule has 0 saturated heterocycles. The second-order valence-electron chi connectivity index (χ2n) is 12.5. The SMILES string of the molecule is CC(C)C(=O)OC(OC(=O)C(C)(C)C)C(C)(C)OC(C)(C)C(OC(=O)C(C)C)OC(=O)C(C)(C)C. The van der Waals surface area contributed by atoms with Gasteiger partial charge in [0.15, 0.2) is 0 Å². The van der Waals surface area contributed by atoms with Crippen LogP contribution < -0.4 is 0 Å². The molecule has 0 N–H and O–H groups in total. The van der Waals surface area contributed by atoms with Gasteiger partial charge in [-0.3, -0.25) is 19.2 Å². The molecule has 0 aliphatic rings. The Labute approximate surface area is 210 Å². The van der Waals surface area contributed by atoms with E-state index in [1.54, 1.807) is 96.9 Å². The van der Waals surface area contributed by atoms with Crippen molar-refractivity contribution < 1.29 is 42.9 Å². The first-order valence-electron chi connectivity index (χ1n) is 11.9. The van der Waals surface area contributed by atoms with Crippen LogP contribution in [0.1, 0.15) is 96.9 Å². The lowest BCUT2D eigenvalue weighted by Crippen LogP contribution is -2.56. The van der Waals surface area contributed by atoms with Gasteiger partial charge in [0.25, 0.3) is 12.6 Å². The van der Waals surface area contributed by atoms with Crippen LogP contribution in [0.15, 0.2) is 0 Å². The highest BCUT2D eigenvalue weighted by atomic mass is 16.8. The van der Waals surface area contributed by atoms with Gasteiger partial charge in [0.1, 0.15) is 11.2 Å². The monoisotopic (exact) mass is 502 g/mol. The minimum Gasteiger partial charge on any atom is -0.422 e. The van der Waals surface area contributed by atoms with Gasteiger partial charge < -0.3 is 23.7 Å². The minimum atomic E-state index is -1.43. The van der Waals surface area contributed by atoms with Gasteiger partial charge in [0, 0.05) is 0 Å². The number of carbonyl (C=O) groups is 4. The van der Waals surface area contributed by atoms with Crippen molar-refractivity contribution >= 4 is 23.9 Å². The molecule has 0 rings (SSSR count).